The lowest BCUT2D eigenvalue weighted by Crippen LogP contribution is -2.49. The summed E-state index contributed by atoms with van der Waals surface area (Å²) in [5.74, 6) is 0.590. The van der Waals surface area contributed by atoms with E-state index in [4.69, 9.17) is 9.73 Å². The average Bonchev–Trinajstić information content (AvgIpc) is 2.76. The Morgan fingerprint density at radius 3 is 2.59 bits per heavy atom. The van der Waals surface area contributed by atoms with Gasteiger partial charge >= 0.3 is 0 Å². The zero-order valence-electron chi connectivity index (χ0n) is 19.1. The fourth-order valence-electron chi connectivity index (χ4n) is 4.04. The fraction of sp³-hybridized carbons (Fsp3) is 0.609. The molecule has 32 heavy (non-hydrogen) atoms. The molecular weight excluding hydrogens is 521 g/mol. The number of halogens is 1. The summed E-state index contributed by atoms with van der Waals surface area (Å²) < 4.78 is 5.28. The lowest BCUT2D eigenvalue weighted by molar-refractivity contribution is -0.123. The molecule has 9 heteroatoms. The smallest absolute Gasteiger partial charge is 0.254 e. The van der Waals surface area contributed by atoms with E-state index >= 15 is 0 Å². The van der Waals surface area contributed by atoms with Crippen molar-refractivity contribution in [3.05, 3.63) is 35.4 Å². The molecule has 1 heterocycles. The molecule has 3 N–H and O–H groups in total. The van der Waals surface area contributed by atoms with Gasteiger partial charge in [0.15, 0.2) is 5.96 Å². The van der Waals surface area contributed by atoms with Crippen LogP contribution in [0, 0.1) is 5.41 Å². The second kappa shape index (κ2) is 13.0. The first-order valence-corrected chi connectivity index (χ1v) is 11.2. The second-order valence-corrected chi connectivity index (χ2v) is 8.42. The SMILES string of the molecule is CCNC(=NCc1ccc(C(=O)N2CCNC(=O)C2)cc1)NCC1(CCOC)CCC1.I. The summed E-state index contributed by atoms with van der Waals surface area (Å²) in [6.45, 7) is 6.25. The van der Waals surface area contributed by atoms with Gasteiger partial charge < -0.3 is 25.6 Å². The molecule has 1 aliphatic carbocycles. The molecule has 0 radical (unpaired) electrons. The standard InChI is InChI=1S/C23H35N5O3.HI/c1-3-24-22(27-17-23(9-4-10-23)11-14-31-2)26-15-18-5-7-19(8-6-18)21(30)28-13-12-25-20(29)16-28;/h5-8H,3-4,9-17H2,1-2H3,(H,25,29)(H2,24,26,27);1H. The third-order valence-corrected chi connectivity index (χ3v) is 6.17. The van der Waals surface area contributed by atoms with Crippen LogP contribution >= 0.6 is 24.0 Å². The number of nitrogens with one attached hydrogen (secondary N) is 3. The lowest BCUT2D eigenvalue weighted by atomic mass is 9.67. The molecule has 0 bridgehead atoms. The van der Waals surface area contributed by atoms with Crippen molar-refractivity contribution < 1.29 is 14.3 Å². The highest BCUT2D eigenvalue weighted by molar-refractivity contribution is 14.0. The van der Waals surface area contributed by atoms with E-state index in [9.17, 15) is 9.59 Å². The van der Waals surface area contributed by atoms with Gasteiger partial charge in [0.05, 0.1) is 13.1 Å². The normalized spacial score (nSPS) is 17.6. The van der Waals surface area contributed by atoms with E-state index in [1.54, 1.807) is 12.0 Å². The average molecular weight is 557 g/mol. The molecule has 3 rings (SSSR count). The first-order chi connectivity index (χ1) is 15.0. The Morgan fingerprint density at radius 1 is 1.25 bits per heavy atom. The molecule has 8 nitrogen and oxygen atoms in total. The highest BCUT2D eigenvalue weighted by Crippen LogP contribution is 2.43. The van der Waals surface area contributed by atoms with E-state index in [0.717, 1.165) is 37.6 Å². The highest BCUT2D eigenvalue weighted by Gasteiger charge is 2.36. The number of carbonyl (C=O) groups excluding carboxylic acids is 2. The Balaban J connectivity index is 0.00000363. The van der Waals surface area contributed by atoms with Crippen LogP contribution in [0.4, 0.5) is 0 Å². The molecule has 0 spiro atoms. The summed E-state index contributed by atoms with van der Waals surface area (Å²) in [7, 11) is 1.76. The molecule has 2 amide bonds. The van der Waals surface area contributed by atoms with E-state index in [2.05, 4.69) is 22.9 Å². The van der Waals surface area contributed by atoms with Gasteiger partial charge in [-0.05, 0) is 49.3 Å². The Labute approximate surface area is 208 Å². The molecule has 0 atom stereocenters. The van der Waals surface area contributed by atoms with Crippen LogP contribution in [0.3, 0.4) is 0 Å². The monoisotopic (exact) mass is 557 g/mol. The van der Waals surface area contributed by atoms with Gasteiger partial charge in [-0.2, -0.15) is 0 Å². The topological polar surface area (TPSA) is 95.1 Å². The first-order valence-electron chi connectivity index (χ1n) is 11.2. The third kappa shape index (κ3) is 7.33. The number of piperazine rings is 1. The summed E-state index contributed by atoms with van der Waals surface area (Å²) in [6, 6.07) is 7.48. The predicted molar refractivity (Wildman–Crippen MR) is 136 cm³/mol. The minimum Gasteiger partial charge on any atom is -0.385 e. The van der Waals surface area contributed by atoms with Crippen LogP contribution in [0.2, 0.25) is 0 Å². The van der Waals surface area contributed by atoms with E-state index < -0.39 is 0 Å². The number of benzene rings is 1. The Morgan fingerprint density at radius 2 is 2.00 bits per heavy atom. The van der Waals surface area contributed by atoms with Crippen LogP contribution < -0.4 is 16.0 Å². The molecular formula is C23H36IN5O3. The van der Waals surface area contributed by atoms with Gasteiger partial charge in [0.2, 0.25) is 5.91 Å². The van der Waals surface area contributed by atoms with Crippen LogP contribution in [0.1, 0.15) is 48.5 Å². The van der Waals surface area contributed by atoms with Crippen molar-refractivity contribution in [2.24, 2.45) is 10.4 Å². The quantitative estimate of drug-likeness (QED) is 0.246. The van der Waals surface area contributed by atoms with E-state index in [0.29, 0.717) is 30.6 Å². The molecule has 1 aliphatic heterocycles. The zero-order valence-corrected chi connectivity index (χ0v) is 21.4. The molecule has 0 unspecified atom stereocenters. The molecule has 2 fully saturated rings. The van der Waals surface area contributed by atoms with Crippen LogP contribution in [0.5, 0.6) is 0 Å². The number of aliphatic imine (C=N–C) groups is 1. The number of guanidine groups is 1. The maximum absolute atomic E-state index is 12.6. The van der Waals surface area contributed by atoms with Crippen molar-refractivity contribution in [3.63, 3.8) is 0 Å². The van der Waals surface area contributed by atoms with Crippen LogP contribution in [-0.4, -0.2) is 69.1 Å². The minimum absolute atomic E-state index is 0. The summed E-state index contributed by atoms with van der Waals surface area (Å²) in [5, 5.41) is 9.56. The van der Waals surface area contributed by atoms with E-state index in [1.165, 1.54) is 19.3 Å². The minimum atomic E-state index is -0.111. The number of hydrogen-bond acceptors (Lipinski definition) is 4. The zero-order chi connectivity index (χ0) is 22.1. The largest absolute Gasteiger partial charge is 0.385 e. The highest BCUT2D eigenvalue weighted by atomic mass is 127. The molecule has 1 saturated carbocycles. The van der Waals surface area contributed by atoms with Gasteiger partial charge in [0.25, 0.3) is 5.91 Å². The lowest BCUT2D eigenvalue weighted by Gasteiger charge is -2.42. The number of nitrogens with zero attached hydrogens (tertiary/aromatic N) is 2. The van der Waals surface area contributed by atoms with Crippen molar-refractivity contribution in [1.82, 2.24) is 20.9 Å². The van der Waals surface area contributed by atoms with Crippen molar-refractivity contribution >= 4 is 41.8 Å². The molecule has 2 aliphatic rings. The maximum Gasteiger partial charge on any atom is 0.254 e. The predicted octanol–water partition coefficient (Wildman–Crippen LogP) is 2.14. The second-order valence-electron chi connectivity index (χ2n) is 8.42. The Kier molecular flexibility index (Phi) is 10.7. The van der Waals surface area contributed by atoms with Crippen LogP contribution in [0.15, 0.2) is 29.3 Å². The number of ether oxygens (including phenoxy) is 1. The van der Waals surface area contributed by atoms with Crippen molar-refractivity contribution in [2.75, 3.05) is 46.4 Å². The molecule has 178 valence electrons. The van der Waals surface area contributed by atoms with E-state index in [-0.39, 0.29) is 42.3 Å². The van der Waals surface area contributed by atoms with E-state index in [1.807, 2.05) is 24.3 Å². The number of amides is 2. The van der Waals surface area contributed by atoms with Gasteiger partial charge in [-0.25, -0.2) is 4.99 Å². The van der Waals surface area contributed by atoms with Gasteiger partial charge in [0, 0.05) is 45.5 Å². The van der Waals surface area contributed by atoms with Crippen molar-refractivity contribution in [2.45, 2.75) is 39.2 Å². The summed E-state index contributed by atoms with van der Waals surface area (Å²) in [4.78, 5) is 30.4. The number of carbonyl (C=O) groups is 2. The number of hydrogen-bond donors (Lipinski definition) is 3. The van der Waals surface area contributed by atoms with Gasteiger partial charge in [0.1, 0.15) is 0 Å². The third-order valence-electron chi connectivity index (χ3n) is 6.17. The Bertz CT molecular complexity index is 780. The molecule has 1 aromatic rings. The maximum atomic E-state index is 12.6. The molecule has 0 aromatic heterocycles. The molecule has 1 aromatic carbocycles. The van der Waals surface area contributed by atoms with Crippen molar-refractivity contribution in [3.8, 4) is 0 Å². The van der Waals surface area contributed by atoms with Gasteiger partial charge in [-0.15, -0.1) is 24.0 Å². The fourth-order valence-corrected chi connectivity index (χ4v) is 4.04. The number of methoxy groups -OCH3 is 1. The van der Waals surface area contributed by atoms with Gasteiger partial charge in [-0.3, -0.25) is 9.59 Å². The number of rotatable bonds is 9. The summed E-state index contributed by atoms with van der Waals surface area (Å²) in [6.07, 6.45) is 4.82. The first kappa shape index (κ1) is 26.4. The van der Waals surface area contributed by atoms with Crippen LogP contribution in [-0.2, 0) is 16.1 Å². The summed E-state index contributed by atoms with van der Waals surface area (Å²) >= 11 is 0. The van der Waals surface area contributed by atoms with Crippen molar-refractivity contribution in [1.29, 1.82) is 0 Å². The molecule has 1 saturated heterocycles. The Hall–Kier alpha value is -1.88. The van der Waals surface area contributed by atoms with Gasteiger partial charge in [-0.1, -0.05) is 18.6 Å². The summed E-state index contributed by atoms with van der Waals surface area (Å²) in [5.41, 5.74) is 1.94. The van der Waals surface area contributed by atoms with Crippen LogP contribution in [0.25, 0.3) is 0 Å².